The molecular weight excluding hydrogens is 226 g/mol. The van der Waals surface area contributed by atoms with Gasteiger partial charge >= 0.3 is 0 Å². The number of aromatic amines is 1. The first kappa shape index (κ1) is 10.4. The monoisotopic (exact) mass is 243 g/mol. The fraction of sp³-hybridized carbons (Fsp3) is 0.500. The van der Waals surface area contributed by atoms with E-state index in [2.05, 4.69) is 27.9 Å². The van der Waals surface area contributed by atoms with Gasteiger partial charge in [0.1, 0.15) is 5.65 Å². The average molecular weight is 243 g/mol. The van der Waals surface area contributed by atoms with Crippen LogP contribution in [0.1, 0.15) is 18.4 Å². The summed E-state index contributed by atoms with van der Waals surface area (Å²) in [6, 6.07) is 3.36. The quantitative estimate of drug-likeness (QED) is 0.835. The lowest BCUT2D eigenvalue weighted by Crippen LogP contribution is -2.45. The van der Waals surface area contributed by atoms with Gasteiger partial charge in [0.25, 0.3) is 0 Å². The summed E-state index contributed by atoms with van der Waals surface area (Å²) in [7, 11) is 0. The molecule has 0 aliphatic carbocycles. The van der Waals surface area contributed by atoms with Crippen molar-refractivity contribution in [1.82, 2.24) is 9.97 Å². The van der Waals surface area contributed by atoms with Crippen LogP contribution in [0.2, 0.25) is 0 Å². The normalized spacial score (nSPS) is 27.1. The summed E-state index contributed by atoms with van der Waals surface area (Å²) in [6.07, 6.45) is 6.51. The van der Waals surface area contributed by atoms with Crippen molar-refractivity contribution < 1.29 is 4.74 Å². The van der Waals surface area contributed by atoms with Crippen LogP contribution in [0.25, 0.3) is 11.0 Å². The predicted molar refractivity (Wildman–Crippen MR) is 70.9 cm³/mol. The topological polar surface area (TPSA) is 41.2 Å². The van der Waals surface area contributed by atoms with E-state index in [1.807, 2.05) is 12.4 Å². The maximum atomic E-state index is 5.64. The number of aryl methyl sites for hydroxylation is 1. The molecule has 2 bridgehead atoms. The zero-order chi connectivity index (χ0) is 12.1. The maximum absolute atomic E-state index is 5.64. The van der Waals surface area contributed by atoms with Crippen molar-refractivity contribution in [2.24, 2.45) is 0 Å². The molecule has 0 spiro atoms. The molecule has 2 fully saturated rings. The first-order valence-corrected chi connectivity index (χ1v) is 6.63. The summed E-state index contributed by atoms with van der Waals surface area (Å²) in [4.78, 5) is 10.3. The zero-order valence-electron chi connectivity index (χ0n) is 10.5. The zero-order valence-corrected chi connectivity index (χ0v) is 10.5. The molecule has 4 heteroatoms. The van der Waals surface area contributed by atoms with Gasteiger partial charge in [0, 0.05) is 11.6 Å². The van der Waals surface area contributed by atoms with E-state index in [1.54, 1.807) is 0 Å². The lowest BCUT2D eigenvalue weighted by atomic mass is 10.2. The Bertz CT molecular complexity index is 576. The van der Waals surface area contributed by atoms with Crippen LogP contribution < -0.4 is 4.90 Å². The molecule has 0 radical (unpaired) electrons. The number of pyridine rings is 1. The maximum Gasteiger partial charge on any atom is 0.137 e. The Morgan fingerprint density at radius 3 is 2.89 bits per heavy atom. The molecule has 2 saturated heterocycles. The van der Waals surface area contributed by atoms with Gasteiger partial charge in [-0.3, -0.25) is 0 Å². The number of rotatable bonds is 1. The fourth-order valence-corrected chi connectivity index (χ4v) is 3.32. The molecule has 4 rings (SSSR count). The highest BCUT2D eigenvalue weighted by Crippen LogP contribution is 2.34. The van der Waals surface area contributed by atoms with Crippen molar-refractivity contribution in [1.29, 1.82) is 0 Å². The van der Waals surface area contributed by atoms with E-state index in [4.69, 9.17) is 4.74 Å². The van der Waals surface area contributed by atoms with Crippen LogP contribution >= 0.6 is 0 Å². The van der Waals surface area contributed by atoms with Crippen molar-refractivity contribution in [3.63, 3.8) is 0 Å². The van der Waals surface area contributed by atoms with Gasteiger partial charge in [-0.25, -0.2) is 4.98 Å². The van der Waals surface area contributed by atoms with Gasteiger partial charge in [0.05, 0.1) is 37.2 Å². The Kier molecular flexibility index (Phi) is 2.14. The second-order valence-corrected chi connectivity index (χ2v) is 5.39. The summed E-state index contributed by atoms with van der Waals surface area (Å²) in [5.41, 5.74) is 3.50. The summed E-state index contributed by atoms with van der Waals surface area (Å²) in [6.45, 7) is 3.85. The van der Waals surface area contributed by atoms with Crippen LogP contribution in [0.3, 0.4) is 0 Å². The molecule has 4 heterocycles. The Morgan fingerprint density at radius 1 is 1.33 bits per heavy atom. The Balaban J connectivity index is 1.80. The molecular formula is C14H17N3O. The molecule has 0 amide bonds. The Labute approximate surface area is 106 Å². The first-order valence-electron chi connectivity index (χ1n) is 6.63. The van der Waals surface area contributed by atoms with Crippen molar-refractivity contribution in [2.45, 2.75) is 31.8 Å². The van der Waals surface area contributed by atoms with Crippen LogP contribution in [0.5, 0.6) is 0 Å². The van der Waals surface area contributed by atoms with E-state index < -0.39 is 0 Å². The first-order chi connectivity index (χ1) is 8.83. The number of H-pyrrole nitrogens is 1. The van der Waals surface area contributed by atoms with Gasteiger partial charge in [-0.15, -0.1) is 0 Å². The minimum absolute atomic E-state index is 0.544. The van der Waals surface area contributed by atoms with Crippen LogP contribution in [0.4, 0.5) is 5.69 Å². The van der Waals surface area contributed by atoms with Gasteiger partial charge in [0.15, 0.2) is 0 Å². The van der Waals surface area contributed by atoms with Gasteiger partial charge in [0.2, 0.25) is 0 Å². The summed E-state index contributed by atoms with van der Waals surface area (Å²) < 4.78 is 5.64. The molecule has 2 aromatic rings. The number of hydrogen-bond donors (Lipinski definition) is 1. The minimum Gasteiger partial charge on any atom is -0.377 e. The van der Waals surface area contributed by atoms with Crippen molar-refractivity contribution >= 4 is 16.7 Å². The molecule has 2 atom stereocenters. The molecule has 2 aromatic heterocycles. The molecule has 18 heavy (non-hydrogen) atoms. The van der Waals surface area contributed by atoms with E-state index in [9.17, 15) is 0 Å². The summed E-state index contributed by atoms with van der Waals surface area (Å²) in [5, 5.41) is 1.23. The number of nitrogens with zero attached hydrogens (tertiary/aromatic N) is 2. The molecule has 2 unspecified atom stereocenters. The lowest BCUT2D eigenvalue weighted by molar-refractivity contribution is 0.0906. The lowest BCUT2D eigenvalue weighted by Gasteiger charge is -2.36. The predicted octanol–water partition coefficient (Wildman–Crippen LogP) is 2.24. The third-order valence-electron chi connectivity index (χ3n) is 4.26. The third-order valence-corrected chi connectivity index (χ3v) is 4.26. The van der Waals surface area contributed by atoms with Crippen LogP contribution in [-0.2, 0) is 4.74 Å². The van der Waals surface area contributed by atoms with Crippen molar-refractivity contribution in [3.05, 3.63) is 24.0 Å². The standard InChI is InChI=1S/C14H17N3O/c1-9-5-15-14-13(9)4-12(6-16-14)17-10-2-3-11(17)8-18-7-10/h4-6,10-11H,2-3,7-8H2,1H3,(H,15,16). The second-order valence-electron chi connectivity index (χ2n) is 5.39. The molecule has 0 aromatic carbocycles. The van der Waals surface area contributed by atoms with Gasteiger partial charge in [-0.05, 0) is 31.4 Å². The van der Waals surface area contributed by atoms with Gasteiger partial charge in [-0.2, -0.15) is 0 Å². The third kappa shape index (κ3) is 1.38. The summed E-state index contributed by atoms with van der Waals surface area (Å²) in [5.74, 6) is 0. The highest BCUT2D eigenvalue weighted by atomic mass is 16.5. The van der Waals surface area contributed by atoms with Crippen LogP contribution in [0.15, 0.2) is 18.5 Å². The van der Waals surface area contributed by atoms with Crippen molar-refractivity contribution in [2.75, 3.05) is 18.1 Å². The highest BCUT2D eigenvalue weighted by molar-refractivity contribution is 5.82. The number of morpholine rings is 1. The number of aromatic nitrogens is 2. The van der Waals surface area contributed by atoms with Crippen LogP contribution in [0, 0.1) is 6.92 Å². The van der Waals surface area contributed by atoms with Gasteiger partial charge in [-0.1, -0.05) is 0 Å². The Hall–Kier alpha value is -1.55. The SMILES string of the molecule is Cc1c[nH]c2ncc(N3C4CCC3COC4)cc12. The van der Waals surface area contributed by atoms with Crippen LogP contribution in [-0.4, -0.2) is 35.3 Å². The molecule has 1 N–H and O–H groups in total. The summed E-state index contributed by atoms with van der Waals surface area (Å²) >= 11 is 0. The van der Waals surface area contributed by atoms with E-state index in [0.29, 0.717) is 12.1 Å². The van der Waals surface area contributed by atoms with E-state index in [-0.39, 0.29) is 0 Å². The second kappa shape index (κ2) is 3.72. The van der Waals surface area contributed by atoms with Crippen molar-refractivity contribution in [3.8, 4) is 0 Å². The highest BCUT2D eigenvalue weighted by Gasteiger charge is 2.37. The Morgan fingerprint density at radius 2 is 2.11 bits per heavy atom. The molecule has 0 saturated carbocycles. The largest absolute Gasteiger partial charge is 0.377 e. The van der Waals surface area contributed by atoms with E-state index >= 15 is 0 Å². The van der Waals surface area contributed by atoms with E-state index in [0.717, 1.165) is 18.9 Å². The van der Waals surface area contributed by atoms with E-state index in [1.165, 1.54) is 29.5 Å². The number of nitrogens with one attached hydrogen (secondary N) is 1. The molecule has 94 valence electrons. The fourth-order valence-electron chi connectivity index (χ4n) is 3.32. The smallest absolute Gasteiger partial charge is 0.137 e. The number of anilines is 1. The molecule has 2 aliphatic heterocycles. The number of fused-ring (bicyclic) bond motifs is 3. The molecule has 2 aliphatic rings. The molecule has 4 nitrogen and oxygen atoms in total. The average Bonchev–Trinajstić information content (AvgIpc) is 2.88. The minimum atomic E-state index is 0.544. The number of hydrogen-bond acceptors (Lipinski definition) is 3. The van der Waals surface area contributed by atoms with Gasteiger partial charge < -0.3 is 14.6 Å². The number of ether oxygens (including phenoxy) is 1.